The molecule has 1 fully saturated rings. The molecule has 1 amide bonds. The molecule has 1 aliphatic heterocycles. The van der Waals surface area contributed by atoms with Gasteiger partial charge in [-0.25, -0.2) is 4.79 Å². The number of allylic oxidation sites excluding steroid dienone is 1. The SMILES string of the molecule is C=CCCOC(=O)N(Cc1cccc2ccccc12)C1CC(=NOCC)C2=CC(CCCCO)C(CCCCO)C3c4cc(OCc5cccc(C)n5)ccc4OC1(OCC=C)C23. The van der Waals surface area contributed by atoms with Gasteiger partial charge in [0, 0.05) is 36.8 Å². The molecule has 0 bridgehead atoms. The molecule has 0 spiro atoms. The molecule has 3 aliphatic rings. The molecule has 0 saturated heterocycles. The van der Waals surface area contributed by atoms with Gasteiger partial charge in [0.15, 0.2) is 0 Å². The van der Waals surface area contributed by atoms with Crippen molar-refractivity contribution in [3.63, 3.8) is 0 Å². The predicted octanol–water partition coefficient (Wildman–Crippen LogP) is 9.99. The number of aryl methyl sites for hydroxylation is 1. The van der Waals surface area contributed by atoms with Crippen LogP contribution in [0.4, 0.5) is 4.79 Å². The van der Waals surface area contributed by atoms with Crippen LogP contribution < -0.4 is 9.47 Å². The Morgan fingerprint density at radius 3 is 2.56 bits per heavy atom. The quantitative estimate of drug-likeness (QED) is 0.0450. The largest absolute Gasteiger partial charge is 0.487 e. The van der Waals surface area contributed by atoms with Crippen LogP contribution in [0.15, 0.2) is 121 Å². The first-order valence-electron chi connectivity index (χ1n) is 22.6. The zero-order chi connectivity index (χ0) is 44.2. The van der Waals surface area contributed by atoms with Gasteiger partial charge in [0.2, 0.25) is 5.79 Å². The zero-order valence-corrected chi connectivity index (χ0v) is 36.8. The Morgan fingerprint density at radius 2 is 1.78 bits per heavy atom. The number of carbonyl (C=O) groups excluding carboxylic acids is 1. The number of fused-ring (bicyclic) bond motifs is 3. The Labute approximate surface area is 372 Å². The van der Waals surface area contributed by atoms with E-state index < -0.39 is 23.8 Å². The number of amides is 1. The number of nitrogens with zero attached hydrogens (tertiary/aromatic N) is 3. The number of aromatic nitrogens is 1. The summed E-state index contributed by atoms with van der Waals surface area (Å²) in [5.41, 5.74) is 5.36. The maximum absolute atomic E-state index is 14.8. The molecule has 0 radical (unpaired) electrons. The normalized spacial score (nSPS) is 22.9. The van der Waals surface area contributed by atoms with Gasteiger partial charge >= 0.3 is 6.09 Å². The molecule has 11 heteroatoms. The van der Waals surface area contributed by atoms with E-state index in [9.17, 15) is 15.0 Å². The van der Waals surface area contributed by atoms with Gasteiger partial charge in [0.05, 0.1) is 37.1 Å². The summed E-state index contributed by atoms with van der Waals surface area (Å²) in [5, 5.41) is 26.9. The Morgan fingerprint density at radius 1 is 0.984 bits per heavy atom. The third kappa shape index (κ3) is 10.2. The number of rotatable bonds is 22. The second kappa shape index (κ2) is 21.7. The molecule has 2 N–H and O–H groups in total. The highest BCUT2D eigenvalue weighted by atomic mass is 16.7. The lowest BCUT2D eigenvalue weighted by Crippen LogP contribution is -2.70. The summed E-state index contributed by atoms with van der Waals surface area (Å²) in [6.07, 6.45) is 10.7. The van der Waals surface area contributed by atoms with E-state index in [4.69, 9.17) is 28.9 Å². The van der Waals surface area contributed by atoms with E-state index in [0.29, 0.717) is 44.0 Å². The van der Waals surface area contributed by atoms with Gasteiger partial charge < -0.3 is 34.0 Å². The number of pyridine rings is 1. The molecule has 334 valence electrons. The molecule has 6 atom stereocenters. The molecule has 3 aromatic carbocycles. The molecule has 1 saturated carbocycles. The number of hydrogen-bond donors (Lipinski definition) is 2. The average molecular weight is 858 g/mol. The van der Waals surface area contributed by atoms with Crippen molar-refractivity contribution in [1.29, 1.82) is 0 Å². The van der Waals surface area contributed by atoms with Gasteiger partial charge in [-0.3, -0.25) is 9.88 Å². The first-order valence-corrected chi connectivity index (χ1v) is 22.6. The van der Waals surface area contributed by atoms with Crippen molar-refractivity contribution in [2.75, 3.05) is 33.0 Å². The van der Waals surface area contributed by atoms with Gasteiger partial charge in [-0.05, 0) is 110 Å². The van der Waals surface area contributed by atoms with Crippen LogP contribution in [0.25, 0.3) is 10.8 Å². The maximum Gasteiger partial charge on any atom is 0.410 e. The molecule has 2 aliphatic carbocycles. The van der Waals surface area contributed by atoms with E-state index in [-0.39, 0.29) is 57.1 Å². The summed E-state index contributed by atoms with van der Waals surface area (Å²) in [4.78, 5) is 27.2. The highest BCUT2D eigenvalue weighted by molar-refractivity contribution is 6.03. The second-order valence-electron chi connectivity index (χ2n) is 16.7. The van der Waals surface area contributed by atoms with Crippen molar-refractivity contribution in [2.45, 2.75) is 96.1 Å². The molecular weight excluding hydrogens is 795 g/mol. The lowest BCUT2D eigenvalue weighted by atomic mass is 9.55. The van der Waals surface area contributed by atoms with Crippen molar-refractivity contribution in [1.82, 2.24) is 9.88 Å². The third-order valence-corrected chi connectivity index (χ3v) is 12.7. The van der Waals surface area contributed by atoms with Crippen molar-refractivity contribution in [2.24, 2.45) is 22.9 Å². The molecule has 4 aromatic rings. The summed E-state index contributed by atoms with van der Waals surface area (Å²) in [6, 6.07) is 25.4. The van der Waals surface area contributed by atoms with Crippen LogP contribution in [0.1, 0.15) is 86.7 Å². The average Bonchev–Trinajstić information content (AvgIpc) is 3.30. The number of oxime groups is 1. The summed E-state index contributed by atoms with van der Waals surface area (Å²) in [5.74, 6) is -0.641. The van der Waals surface area contributed by atoms with Crippen molar-refractivity contribution >= 4 is 22.6 Å². The minimum atomic E-state index is -1.44. The highest BCUT2D eigenvalue weighted by Crippen LogP contribution is 2.62. The summed E-state index contributed by atoms with van der Waals surface area (Å²) in [6.45, 7) is 13.2. The Balaban J connectivity index is 1.44. The molecule has 1 aromatic heterocycles. The van der Waals surface area contributed by atoms with Crippen LogP contribution in [0, 0.1) is 24.7 Å². The lowest BCUT2D eigenvalue weighted by Gasteiger charge is -2.59. The van der Waals surface area contributed by atoms with Gasteiger partial charge in [-0.2, -0.15) is 0 Å². The van der Waals surface area contributed by atoms with Crippen molar-refractivity contribution < 1.29 is 38.8 Å². The minimum absolute atomic E-state index is 0.0604. The van der Waals surface area contributed by atoms with Gasteiger partial charge in [0.25, 0.3) is 0 Å². The number of carbonyl (C=O) groups is 1. The Kier molecular flexibility index (Phi) is 15.7. The van der Waals surface area contributed by atoms with Crippen LogP contribution in [-0.2, 0) is 27.5 Å². The Hall–Kier alpha value is -5.49. The van der Waals surface area contributed by atoms with Gasteiger partial charge in [-0.15, -0.1) is 13.2 Å². The molecule has 7 rings (SSSR count). The van der Waals surface area contributed by atoms with Crippen LogP contribution in [0.5, 0.6) is 11.5 Å². The fourth-order valence-electron chi connectivity index (χ4n) is 9.95. The fourth-order valence-corrected chi connectivity index (χ4v) is 9.95. The van der Waals surface area contributed by atoms with E-state index in [0.717, 1.165) is 70.3 Å². The zero-order valence-electron chi connectivity index (χ0n) is 36.8. The first kappa shape index (κ1) is 45.5. The summed E-state index contributed by atoms with van der Waals surface area (Å²) in [7, 11) is 0. The maximum atomic E-state index is 14.8. The monoisotopic (exact) mass is 857 g/mol. The molecular formula is C52H63N3O8. The van der Waals surface area contributed by atoms with Crippen molar-refractivity contribution in [3.05, 3.63) is 138 Å². The van der Waals surface area contributed by atoms with Crippen LogP contribution >= 0.6 is 0 Å². The van der Waals surface area contributed by atoms with Crippen molar-refractivity contribution in [3.8, 4) is 11.5 Å². The summed E-state index contributed by atoms with van der Waals surface area (Å²) < 4.78 is 27.1. The molecule has 2 heterocycles. The molecule has 63 heavy (non-hydrogen) atoms. The number of hydrogen-bond acceptors (Lipinski definition) is 10. The number of aliphatic hydroxyl groups is 2. The predicted molar refractivity (Wildman–Crippen MR) is 246 cm³/mol. The smallest absolute Gasteiger partial charge is 0.410 e. The number of ether oxygens (including phenoxy) is 4. The van der Waals surface area contributed by atoms with Gasteiger partial charge in [-0.1, -0.05) is 84.8 Å². The van der Waals surface area contributed by atoms with E-state index in [1.165, 1.54) is 0 Å². The van der Waals surface area contributed by atoms with Gasteiger partial charge in [0.1, 0.15) is 30.8 Å². The van der Waals surface area contributed by atoms with Crippen LogP contribution in [0.2, 0.25) is 0 Å². The topological polar surface area (TPSA) is 132 Å². The number of unbranched alkanes of at least 4 members (excludes halogenated alkanes) is 2. The van der Waals surface area contributed by atoms with E-state index in [1.54, 1.807) is 17.1 Å². The summed E-state index contributed by atoms with van der Waals surface area (Å²) >= 11 is 0. The van der Waals surface area contributed by atoms with E-state index >= 15 is 0 Å². The second-order valence-corrected chi connectivity index (χ2v) is 16.7. The van der Waals surface area contributed by atoms with E-state index in [1.807, 2.05) is 62.4 Å². The van der Waals surface area contributed by atoms with Crippen LogP contribution in [-0.4, -0.2) is 76.8 Å². The third-order valence-electron chi connectivity index (χ3n) is 12.7. The standard InChI is InChI=1S/C52H63N3O8/c1-5-8-30-59-51(58)55(34-39-21-16-20-37-18-9-10-23-42(37)39)48-33-46(54-62-7-3)44-31-38(19-11-13-27-56)43(24-12-14-28-57)49-45-32-41(60-35-40-22-15-17-36(4)53-40)25-26-47(45)63-52(48,50(44)49)61-29-6-2/h5-6,9-10,15-18,20-23,25-26,31-32,38,43,48-50,56-57H,1-2,7-8,11-14,19,24,27-30,33-35H2,3-4H3. The van der Waals surface area contributed by atoms with Crippen LogP contribution in [0.3, 0.4) is 0 Å². The molecule has 11 nitrogen and oxygen atoms in total. The molecule has 6 unspecified atom stereocenters. The number of benzene rings is 3. The fraction of sp³-hybridized carbons (Fsp3) is 0.442. The Bertz CT molecular complexity index is 2250. The highest BCUT2D eigenvalue weighted by Gasteiger charge is 2.65. The first-order chi connectivity index (χ1) is 30.8. The van der Waals surface area contributed by atoms with E-state index in [2.05, 4.69) is 54.5 Å². The lowest BCUT2D eigenvalue weighted by molar-refractivity contribution is -0.256. The number of aliphatic hydroxyl groups excluding tert-OH is 2. The minimum Gasteiger partial charge on any atom is -0.487 e.